The van der Waals surface area contributed by atoms with Gasteiger partial charge < -0.3 is 18.8 Å². The lowest BCUT2D eigenvalue weighted by atomic mass is 9.91. The Bertz CT molecular complexity index is 797. The summed E-state index contributed by atoms with van der Waals surface area (Å²) in [5.41, 5.74) is 1.09. The number of nitriles is 1. The van der Waals surface area contributed by atoms with Gasteiger partial charge in [-0.3, -0.25) is 4.79 Å². The van der Waals surface area contributed by atoms with Gasteiger partial charge in [-0.15, -0.1) is 0 Å². The molecule has 0 bridgehead atoms. The molecule has 0 spiro atoms. The van der Waals surface area contributed by atoms with Gasteiger partial charge in [0.1, 0.15) is 12.3 Å². The highest BCUT2D eigenvalue weighted by Crippen LogP contribution is 2.36. The van der Waals surface area contributed by atoms with Gasteiger partial charge in [-0.25, -0.2) is 4.98 Å². The molecular weight excluding hydrogens is 334 g/mol. The number of carbonyl (C=O) groups is 1. The zero-order valence-electron chi connectivity index (χ0n) is 14.2. The molecule has 0 unspecified atom stereocenters. The molecule has 2 aliphatic heterocycles. The first-order chi connectivity index (χ1) is 12.7. The molecule has 1 amide bonds. The van der Waals surface area contributed by atoms with Crippen LogP contribution in [-0.2, 0) is 4.74 Å². The summed E-state index contributed by atoms with van der Waals surface area (Å²) >= 11 is 0. The molecule has 2 aromatic heterocycles. The van der Waals surface area contributed by atoms with E-state index in [0.717, 1.165) is 6.42 Å². The van der Waals surface area contributed by atoms with Crippen LogP contribution in [0.15, 0.2) is 41.3 Å². The zero-order chi connectivity index (χ0) is 17.9. The summed E-state index contributed by atoms with van der Waals surface area (Å²) in [7, 11) is 0. The number of aromatic nitrogens is 1. The Balaban J connectivity index is 1.29. The Morgan fingerprint density at radius 1 is 1.38 bits per heavy atom. The highest BCUT2D eigenvalue weighted by atomic mass is 16.5. The van der Waals surface area contributed by atoms with Crippen LogP contribution in [0.4, 0.5) is 0 Å². The molecule has 3 atom stereocenters. The Hall–Kier alpha value is -2.85. The van der Waals surface area contributed by atoms with Crippen molar-refractivity contribution in [3.63, 3.8) is 0 Å². The van der Waals surface area contributed by atoms with Crippen molar-refractivity contribution in [2.75, 3.05) is 26.3 Å². The minimum absolute atomic E-state index is 0.00599. The van der Waals surface area contributed by atoms with Crippen LogP contribution in [0.3, 0.4) is 0 Å². The number of likely N-dealkylation sites (tertiary alicyclic amines) is 1. The highest BCUT2D eigenvalue weighted by molar-refractivity contribution is 5.94. The Morgan fingerprint density at radius 3 is 3.04 bits per heavy atom. The molecule has 2 fully saturated rings. The van der Waals surface area contributed by atoms with E-state index in [1.165, 1.54) is 18.7 Å². The van der Waals surface area contributed by atoms with Gasteiger partial charge in [0.25, 0.3) is 5.91 Å². The third-order valence-electron chi connectivity index (χ3n) is 5.10. The molecule has 2 saturated heterocycles. The highest BCUT2D eigenvalue weighted by Gasteiger charge is 2.45. The minimum atomic E-state index is -0.00599. The molecule has 0 aliphatic carbocycles. The summed E-state index contributed by atoms with van der Waals surface area (Å²) in [4.78, 5) is 18.4. The smallest absolute Gasteiger partial charge is 0.257 e. The van der Waals surface area contributed by atoms with Crippen LogP contribution in [0.5, 0.6) is 5.88 Å². The second kappa shape index (κ2) is 7.18. The molecule has 2 aromatic rings. The number of rotatable bonds is 5. The zero-order valence-corrected chi connectivity index (χ0v) is 14.2. The summed E-state index contributed by atoms with van der Waals surface area (Å²) in [5.74, 6) is 1.21. The van der Waals surface area contributed by atoms with Gasteiger partial charge in [0, 0.05) is 31.3 Å². The molecule has 0 radical (unpaired) electrons. The molecular formula is C19H19N3O4. The predicted molar refractivity (Wildman–Crippen MR) is 90.4 cm³/mol. The van der Waals surface area contributed by atoms with Crippen molar-refractivity contribution in [2.24, 2.45) is 11.8 Å². The van der Waals surface area contributed by atoms with E-state index in [2.05, 4.69) is 4.98 Å². The maximum Gasteiger partial charge on any atom is 0.257 e. The molecule has 7 nitrogen and oxygen atoms in total. The lowest BCUT2D eigenvalue weighted by molar-refractivity contribution is 0.0671. The Labute approximate surface area is 151 Å². The summed E-state index contributed by atoms with van der Waals surface area (Å²) < 4.78 is 16.6. The molecule has 134 valence electrons. The van der Waals surface area contributed by atoms with Crippen molar-refractivity contribution in [1.29, 1.82) is 5.26 Å². The van der Waals surface area contributed by atoms with Crippen LogP contribution in [0.1, 0.15) is 22.3 Å². The second-order valence-electron chi connectivity index (χ2n) is 6.65. The molecule has 0 aromatic carbocycles. The Kier molecular flexibility index (Phi) is 4.59. The minimum Gasteiger partial charge on any atom is -0.478 e. The summed E-state index contributed by atoms with van der Waals surface area (Å²) in [6.45, 7) is 2.57. The summed E-state index contributed by atoms with van der Waals surface area (Å²) in [6, 6.07) is 7.11. The standard InChI is InChI=1S/C19H19N3O4/c20-7-13-1-2-18(21-8-13)25-6-4-14-12-26-17-10-22(9-16(14)17)19(23)15-3-5-24-11-15/h1-3,5,8,11,14,16-17H,4,6,9-10,12H2/t14-,16-,17-/m1/s1. The number of fused-ring (bicyclic) bond motifs is 1. The molecule has 7 heteroatoms. The van der Waals surface area contributed by atoms with Crippen molar-refractivity contribution in [2.45, 2.75) is 12.5 Å². The Morgan fingerprint density at radius 2 is 2.31 bits per heavy atom. The number of hydrogen-bond acceptors (Lipinski definition) is 6. The van der Waals surface area contributed by atoms with E-state index in [1.807, 2.05) is 11.0 Å². The second-order valence-corrected chi connectivity index (χ2v) is 6.65. The molecule has 4 rings (SSSR count). The third kappa shape index (κ3) is 3.28. The number of carbonyl (C=O) groups excluding carboxylic acids is 1. The first kappa shape index (κ1) is 16.6. The molecule has 2 aliphatic rings. The third-order valence-corrected chi connectivity index (χ3v) is 5.10. The van der Waals surface area contributed by atoms with E-state index in [0.29, 0.717) is 55.1 Å². The van der Waals surface area contributed by atoms with Crippen LogP contribution in [0.2, 0.25) is 0 Å². The van der Waals surface area contributed by atoms with E-state index in [1.54, 1.807) is 18.2 Å². The number of hydrogen-bond donors (Lipinski definition) is 0. The number of ether oxygens (including phenoxy) is 2. The van der Waals surface area contributed by atoms with Gasteiger partial charge in [-0.1, -0.05) is 0 Å². The lowest BCUT2D eigenvalue weighted by Gasteiger charge is -2.19. The van der Waals surface area contributed by atoms with E-state index < -0.39 is 0 Å². The largest absolute Gasteiger partial charge is 0.478 e. The van der Waals surface area contributed by atoms with Crippen LogP contribution < -0.4 is 4.74 Å². The van der Waals surface area contributed by atoms with Gasteiger partial charge in [-0.2, -0.15) is 5.26 Å². The quantitative estimate of drug-likeness (QED) is 0.818. The van der Waals surface area contributed by atoms with Crippen LogP contribution in [-0.4, -0.2) is 48.2 Å². The molecule has 0 N–H and O–H groups in total. The number of amides is 1. The fourth-order valence-corrected chi connectivity index (χ4v) is 3.68. The number of nitrogens with zero attached hydrogens (tertiary/aromatic N) is 3. The van der Waals surface area contributed by atoms with Gasteiger partial charge in [0.15, 0.2) is 0 Å². The topological polar surface area (TPSA) is 88.6 Å². The average Bonchev–Trinajstić information content (AvgIpc) is 3.40. The van der Waals surface area contributed by atoms with Crippen molar-refractivity contribution >= 4 is 5.91 Å². The molecule has 0 saturated carbocycles. The maximum atomic E-state index is 12.5. The van der Waals surface area contributed by atoms with Gasteiger partial charge in [0.2, 0.25) is 5.88 Å². The first-order valence-corrected chi connectivity index (χ1v) is 8.66. The predicted octanol–water partition coefficient (Wildman–Crippen LogP) is 2.10. The normalized spacial score (nSPS) is 24.3. The van der Waals surface area contributed by atoms with Crippen molar-refractivity contribution in [1.82, 2.24) is 9.88 Å². The SMILES string of the molecule is N#Cc1ccc(OCC[C@@H]2CO[C@@H]3CN(C(=O)c4ccoc4)C[C@H]23)nc1. The van der Waals surface area contributed by atoms with E-state index in [-0.39, 0.29) is 12.0 Å². The fourth-order valence-electron chi connectivity index (χ4n) is 3.68. The number of furan rings is 1. The van der Waals surface area contributed by atoms with E-state index in [4.69, 9.17) is 19.2 Å². The van der Waals surface area contributed by atoms with Gasteiger partial charge >= 0.3 is 0 Å². The van der Waals surface area contributed by atoms with Crippen LogP contribution >= 0.6 is 0 Å². The van der Waals surface area contributed by atoms with E-state index >= 15 is 0 Å². The monoisotopic (exact) mass is 353 g/mol. The summed E-state index contributed by atoms with van der Waals surface area (Å²) in [5, 5.41) is 8.78. The molecule has 26 heavy (non-hydrogen) atoms. The van der Waals surface area contributed by atoms with Gasteiger partial charge in [-0.05, 0) is 24.5 Å². The van der Waals surface area contributed by atoms with Crippen molar-refractivity contribution in [3.8, 4) is 11.9 Å². The maximum absolute atomic E-state index is 12.5. The number of pyridine rings is 1. The van der Waals surface area contributed by atoms with Crippen molar-refractivity contribution in [3.05, 3.63) is 48.0 Å². The van der Waals surface area contributed by atoms with E-state index in [9.17, 15) is 4.79 Å². The summed E-state index contributed by atoms with van der Waals surface area (Å²) in [6.07, 6.45) is 5.44. The fraction of sp³-hybridized carbons (Fsp3) is 0.421. The lowest BCUT2D eigenvalue weighted by Crippen LogP contribution is -2.31. The first-order valence-electron chi connectivity index (χ1n) is 8.66. The average molecular weight is 353 g/mol. The van der Waals surface area contributed by atoms with Crippen molar-refractivity contribution < 1.29 is 18.7 Å². The molecule has 4 heterocycles. The van der Waals surface area contributed by atoms with Crippen LogP contribution in [0.25, 0.3) is 0 Å². The van der Waals surface area contributed by atoms with Crippen LogP contribution in [0, 0.1) is 23.2 Å². The van der Waals surface area contributed by atoms with Gasteiger partial charge in [0.05, 0.1) is 36.7 Å².